The molecule has 0 unspecified atom stereocenters. The lowest BCUT2D eigenvalue weighted by molar-refractivity contribution is 0.0298. The van der Waals surface area contributed by atoms with E-state index in [2.05, 4.69) is 52.1 Å². The quantitative estimate of drug-likeness (QED) is 0.835. The van der Waals surface area contributed by atoms with Crippen LogP contribution >= 0.6 is 0 Å². The maximum absolute atomic E-state index is 12.7. The summed E-state index contributed by atoms with van der Waals surface area (Å²) in [6.45, 7) is 6.51. The van der Waals surface area contributed by atoms with Gasteiger partial charge in [0.05, 0.1) is 25.6 Å². The Labute approximate surface area is 160 Å². The molecule has 27 heavy (non-hydrogen) atoms. The van der Waals surface area contributed by atoms with Crippen LogP contribution in [0, 0.1) is 0 Å². The first-order valence-corrected chi connectivity index (χ1v) is 9.65. The van der Waals surface area contributed by atoms with E-state index in [4.69, 9.17) is 4.74 Å². The van der Waals surface area contributed by atoms with Crippen LogP contribution in [-0.2, 0) is 10.2 Å². The molecule has 0 aliphatic carbocycles. The smallest absolute Gasteiger partial charge is 0.274 e. The van der Waals surface area contributed by atoms with Crippen LogP contribution in [0.15, 0.2) is 42.7 Å². The molecule has 0 spiro atoms. The Bertz CT molecular complexity index is 792. The zero-order valence-electron chi connectivity index (χ0n) is 15.8. The summed E-state index contributed by atoms with van der Waals surface area (Å²) in [5, 5.41) is 0. The fourth-order valence-electron chi connectivity index (χ4n) is 4.05. The molecule has 6 nitrogen and oxygen atoms in total. The molecule has 0 saturated carbocycles. The van der Waals surface area contributed by atoms with Crippen molar-refractivity contribution >= 4 is 11.7 Å². The molecule has 1 atom stereocenters. The standard InChI is InChI=1S/C21H26N4O2/c1-21(17-6-3-2-4-7-17)8-5-9-25(16-21)19-15-22-14-18(23-19)20(26)24-10-12-27-13-11-24/h2-4,6-7,14-15H,5,8-13,16H2,1H3/t21-/m0/s1. The lowest BCUT2D eigenvalue weighted by Crippen LogP contribution is -2.45. The number of aromatic nitrogens is 2. The van der Waals surface area contributed by atoms with E-state index in [1.54, 1.807) is 17.3 Å². The number of carbonyl (C=O) groups is 1. The molecule has 1 aromatic carbocycles. The Morgan fingerprint density at radius 1 is 1.11 bits per heavy atom. The van der Waals surface area contributed by atoms with Gasteiger partial charge in [-0.3, -0.25) is 9.78 Å². The summed E-state index contributed by atoms with van der Waals surface area (Å²) in [5.41, 5.74) is 1.84. The van der Waals surface area contributed by atoms with E-state index >= 15 is 0 Å². The van der Waals surface area contributed by atoms with E-state index in [1.807, 2.05) is 0 Å². The first-order valence-electron chi connectivity index (χ1n) is 9.65. The molecule has 4 rings (SSSR count). The van der Waals surface area contributed by atoms with Gasteiger partial charge in [0, 0.05) is 31.6 Å². The van der Waals surface area contributed by atoms with Crippen LogP contribution in [0.4, 0.5) is 5.82 Å². The number of amides is 1. The minimum Gasteiger partial charge on any atom is -0.378 e. The highest BCUT2D eigenvalue weighted by Gasteiger charge is 2.33. The molecule has 2 saturated heterocycles. The molecule has 1 amide bonds. The van der Waals surface area contributed by atoms with Crippen molar-refractivity contribution in [3.05, 3.63) is 54.0 Å². The number of hydrogen-bond acceptors (Lipinski definition) is 5. The fraction of sp³-hybridized carbons (Fsp3) is 0.476. The van der Waals surface area contributed by atoms with Crippen molar-refractivity contribution < 1.29 is 9.53 Å². The third-order valence-electron chi connectivity index (χ3n) is 5.63. The Morgan fingerprint density at radius 3 is 2.67 bits per heavy atom. The minimum absolute atomic E-state index is 0.0597. The molecule has 0 radical (unpaired) electrons. The summed E-state index contributed by atoms with van der Waals surface area (Å²) in [6, 6.07) is 10.7. The van der Waals surface area contributed by atoms with Crippen molar-refractivity contribution in [2.45, 2.75) is 25.2 Å². The molecular weight excluding hydrogens is 340 g/mol. The highest BCUT2D eigenvalue weighted by atomic mass is 16.5. The first-order chi connectivity index (χ1) is 13.2. The van der Waals surface area contributed by atoms with Gasteiger partial charge in [0.1, 0.15) is 11.5 Å². The van der Waals surface area contributed by atoms with Gasteiger partial charge in [0.2, 0.25) is 0 Å². The molecule has 2 aliphatic heterocycles. The summed E-state index contributed by atoms with van der Waals surface area (Å²) < 4.78 is 5.33. The number of ether oxygens (including phenoxy) is 1. The lowest BCUT2D eigenvalue weighted by atomic mass is 9.76. The number of piperidine rings is 1. The summed E-state index contributed by atoms with van der Waals surface area (Å²) in [4.78, 5) is 25.8. The maximum Gasteiger partial charge on any atom is 0.274 e. The summed E-state index contributed by atoms with van der Waals surface area (Å²) in [6.07, 6.45) is 5.58. The van der Waals surface area contributed by atoms with Crippen molar-refractivity contribution in [2.24, 2.45) is 0 Å². The van der Waals surface area contributed by atoms with Crippen LogP contribution < -0.4 is 4.90 Å². The first kappa shape index (κ1) is 17.9. The van der Waals surface area contributed by atoms with Crippen LogP contribution in [0.25, 0.3) is 0 Å². The summed E-state index contributed by atoms with van der Waals surface area (Å²) in [5.74, 6) is 0.728. The third kappa shape index (κ3) is 3.81. The van der Waals surface area contributed by atoms with Crippen LogP contribution in [0.2, 0.25) is 0 Å². The summed E-state index contributed by atoms with van der Waals surface area (Å²) >= 11 is 0. The molecular formula is C21H26N4O2. The van der Waals surface area contributed by atoms with E-state index in [1.165, 1.54) is 5.56 Å². The normalized spacial score (nSPS) is 23.3. The predicted molar refractivity (Wildman–Crippen MR) is 104 cm³/mol. The van der Waals surface area contributed by atoms with Crippen molar-refractivity contribution in [3.8, 4) is 0 Å². The minimum atomic E-state index is -0.0597. The number of anilines is 1. The fourth-order valence-corrected chi connectivity index (χ4v) is 4.05. The van der Waals surface area contributed by atoms with Crippen LogP contribution in [0.3, 0.4) is 0 Å². The molecule has 6 heteroatoms. The molecule has 0 bridgehead atoms. The zero-order valence-corrected chi connectivity index (χ0v) is 15.8. The van der Waals surface area contributed by atoms with Crippen molar-refractivity contribution in [3.63, 3.8) is 0 Å². The van der Waals surface area contributed by atoms with Crippen LogP contribution in [0.1, 0.15) is 35.8 Å². The van der Waals surface area contributed by atoms with E-state index in [0.717, 1.165) is 31.7 Å². The van der Waals surface area contributed by atoms with Gasteiger partial charge in [0.15, 0.2) is 0 Å². The number of hydrogen-bond donors (Lipinski definition) is 0. The average molecular weight is 366 g/mol. The van der Waals surface area contributed by atoms with E-state index in [9.17, 15) is 4.79 Å². The van der Waals surface area contributed by atoms with Gasteiger partial charge in [-0.15, -0.1) is 0 Å². The number of nitrogens with zero attached hydrogens (tertiary/aromatic N) is 4. The Balaban J connectivity index is 1.54. The van der Waals surface area contributed by atoms with Crippen LogP contribution in [-0.4, -0.2) is 60.2 Å². The second-order valence-corrected chi connectivity index (χ2v) is 7.62. The lowest BCUT2D eigenvalue weighted by Gasteiger charge is -2.41. The highest BCUT2D eigenvalue weighted by molar-refractivity contribution is 5.92. The molecule has 2 aromatic rings. The largest absolute Gasteiger partial charge is 0.378 e. The second-order valence-electron chi connectivity index (χ2n) is 7.62. The molecule has 2 aliphatic rings. The van der Waals surface area contributed by atoms with Gasteiger partial charge in [0.25, 0.3) is 5.91 Å². The number of rotatable bonds is 3. The van der Waals surface area contributed by atoms with Crippen molar-refractivity contribution in [1.29, 1.82) is 0 Å². The van der Waals surface area contributed by atoms with Crippen molar-refractivity contribution in [2.75, 3.05) is 44.3 Å². The van der Waals surface area contributed by atoms with Crippen molar-refractivity contribution in [1.82, 2.24) is 14.9 Å². The number of benzene rings is 1. The van der Waals surface area contributed by atoms with E-state index < -0.39 is 0 Å². The topological polar surface area (TPSA) is 58.6 Å². The molecule has 142 valence electrons. The van der Waals surface area contributed by atoms with Gasteiger partial charge >= 0.3 is 0 Å². The summed E-state index contributed by atoms with van der Waals surface area (Å²) in [7, 11) is 0. The monoisotopic (exact) mass is 366 g/mol. The Kier molecular flexibility index (Phi) is 5.07. The van der Waals surface area contributed by atoms with E-state index in [0.29, 0.717) is 32.0 Å². The Hall–Kier alpha value is -2.47. The number of morpholine rings is 1. The zero-order chi connectivity index (χ0) is 18.7. The second kappa shape index (κ2) is 7.64. The molecule has 2 fully saturated rings. The van der Waals surface area contributed by atoms with Crippen LogP contribution in [0.5, 0.6) is 0 Å². The highest BCUT2D eigenvalue weighted by Crippen LogP contribution is 2.35. The van der Waals surface area contributed by atoms with Gasteiger partial charge in [-0.1, -0.05) is 37.3 Å². The predicted octanol–water partition coefficient (Wildman–Crippen LogP) is 2.51. The molecule has 0 N–H and O–H groups in total. The number of carbonyl (C=O) groups excluding carboxylic acids is 1. The SMILES string of the molecule is C[C@]1(c2ccccc2)CCCN(c2cncc(C(=O)N3CCOCC3)n2)C1. The molecule has 1 aromatic heterocycles. The maximum atomic E-state index is 12.7. The Morgan fingerprint density at radius 2 is 1.89 bits per heavy atom. The third-order valence-corrected chi connectivity index (χ3v) is 5.63. The van der Waals surface area contributed by atoms with Gasteiger partial charge in [-0.25, -0.2) is 4.98 Å². The average Bonchev–Trinajstić information content (AvgIpc) is 2.75. The van der Waals surface area contributed by atoms with Gasteiger partial charge < -0.3 is 14.5 Å². The van der Waals surface area contributed by atoms with Gasteiger partial charge in [-0.05, 0) is 18.4 Å². The van der Waals surface area contributed by atoms with E-state index in [-0.39, 0.29) is 11.3 Å². The van der Waals surface area contributed by atoms with Gasteiger partial charge in [-0.2, -0.15) is 0 Å². The molecule has 3 heterocycles.